The zero-order valence-electron chi connectivity index (χ0n) is 22.6. The van der Waals surface area contributed by atoms with E-state index in [-0.39, 0.29) is 40.8 Å². The number of hydrogen-bond donors (Lipinski definition) is 6. The smallest absolute Gasteiger partial charge is 0.217 e. The number of methoxy groups -OCH3 is 1. The van der Waals surface area contributed by atoms with Crippen molar-refractivity contribution < 1.29 is 54.2 Å². The first-order chi connectivity index (χ1) is 19.3. The highest BCUT2D eigenvalue weighted by Crippen LogP contribution is 2.53. The third kappa shape index (κ3) is 4.38. The molecule has 1 saturated heterocycles. The van der Waals surface area contributed by atoms with Gasteiger partial charge in [-0.1, -0.05) is 12.1 Å². The molecule has 1 heterocycles. The Kier molecular flexibility index (Phi) is 7.14. The lowest BCUT2D eigenvalue weighted by Crippen LogP contribution is -2.57. The van der Waals surface area contributed by atoms with Crippen molar-refractivity contribution in [2.24, 2.45) is 0 Å². The minimum atomic E-state index is -2.22. The van der Waals surface area contributed by atoms with Gasteiger partial charge in [-0.3, -0.25) is 19.2 Å². The van der Waals surface area contributed by atoms with Crippen molar-refractivity contribution in [2.45, 2.75) is 69.0 Å². The summed E-state index contributed by atoms with van der Waals surface area (Å²) in [6.07, 6.45) is -3.82. The van der Waals surface area contributed by atoms with Crippen LogP contribution in [0.15, 0.2) is 18.2 Å². The number of aliphatic hydroxyl groups is 3. The summed E-state index contributed by atoms with van der Waals surface area (Å²) in [5.74, 6) is -5.17. The summed E-state index contributed by atoms with van der Waals surface area (Å²) in [6.45, 7) is 1.83. The van der Waals surface area contributed by atoms with E-state index in [2.05, 4.69) is 5.32 Å². The number of hydrogen-bond acceptors (Lipinski definition) is 11. The van der Waals surface area contributed by atoms with Crippen molar-refractivity contribution >= 4 is 23.3 Å². The van der Waals surface area contributed by atoms with Crippen LogP contribution in [-0.4, -0.2) is 92.5 Å². The summed E-state index contributed by atoms with van der Waals surface area (Å²) in [6, 6.07) is 3.58. The Balaban J connectivity index is 1.73. The van der Waals surface area contributed by atoms with Crippen LogP contribution >= 0.6 is 0 Å². The van der Waals surface area contributed by atoms with Gasteiger partial charge in [0.2, 0.25) is 11.7 Å². The topological polar surface area (TPSA) is 200 Å². The molecule has 6 atom stereocenters. The number of benzene rings is 2. The third-order valence-corrected chi connectivity index (χ3v) is 8.43. The number of phenols is 2. The number of fused-ring (bicyclic) bond motifs is 3. The molecule has 6 N–H and O–H groups in total. The number of aromatic hydroxyl groups is 2. The van der Waals surface area contributed by atoms with Gasteiger partial charge in [0.1, 0.15) is 35.6 Å². The van der Waals surface area contributed by atoms with Gasteiger partial charge in [-0.25, -0.2) is 0 Å². The van der Waals surface area contributed by atoms with E-state index in [0.717, 1.165) is 0 Å². The molecule has 12 heteroatoms. The molecule has 1 aliphatic heterocycles. The fourth-order valence-electron chi connectivity index (χ4n) is 6.50. The molecular weight excluding hydrogens is 538 g/mol. The van der Waals surface area contributed by atoms with Gasteiger partial charge in [0.25, 0.3) is 0 Å². The molecule has 0 unspecified atom stereocenters. The van der Waals surface area contributed by atoms with Gasteiger partial charge in [-0.05, 0) is 25.8 Å². The predicted octanol–water partition coefficient (Wildman–Crippen LogP) is 0.247. The molecule has 0 radical (unpaired) electrons. The van der Waals surface area contributed by atoms with Crippen LogP contribution in [0.2, 0.25) is 0 Å². The molecule has 2 aromatic carbocycles. The van der Waals surface area contributed by atoms with Crippen molar-refractivity contribution in [1.29, 1.82) is 0 Å². The number of amides is 1. The minimum Gasteiger partial charge on any atom is -0.507 e. The van der Waals surface area contributed by atoms with E-state index in [9.17, 15) is 44.7 Å². The van der Waals surface area contributed by atoms with Crippen molar-refractivity contribution in [3.8, 4) is 17.2 Å². The Morgan fingerprint density at radius 1 is 1.12 bits per heavy atom. The minimum absolute atomic E-state index is 0.00803. The Labute approximate surface area is 234 Å². The Morgan fingerprint density at radius 3 is 2.44 bits per heavy atom. The first kappa shape index (κ1) is 28.7. The van der Waals surface area contributed by atoms with Crippen molar-refractivity contribution in [2.75, 3.05) is 13.7 Å². The Hall–Kier alpha value is -3.84. The molecule has 12 nitrogen and oxygen atoms in total. The second-order valence-corrected chi connectivity index (χ2v) is 10.9. The molecule has 0 saturated carbocycles. The van der Waals surface area contributed by atoms with Crippen LogP contribution in [-0.2, 0) is 20.7 Å². The van der Waals surface area contributed by atoms with Crippen LogP contribution in [0.3, 0.4) is 0 Å². The Morgan fingerprint density at radius 2 is 1.80 bits per heavy atom. The molecule has 2 aliphatic carbocycles. The molecule has 41 heavy (non-hydrogen) atoms. The number of carbonyl (C=O) groups excluding carboxylic acids is 4. The van der Waals surface area contributed by atoms with Crippen molar-refractivity contribution in [1.82, 2.24) is 5.32 Å². The number of Topliss-reactive ketones (excluding diaryl/α,β-unsaturated/α-hetero) is 1. The maximum absolute atomic E-state index is 13.8. The molecule has 0 spiro atoms. The number of ether oxygens (including phenoxy) is 2. The van der Waals surface area contributed by atoms with Gasteiger partial charge in [0.05, 0.1) is 42.0 Å². The van der Waals surface area contributed by atoms with Gasteiger partial charge < -0.3 is 40.3 Å². The highest BCUT2D eigenvalue weighted by atomic mass is 16.5. The number of rotatable bonds is 5. The molecule has 2 aromatic rings. The largest absolute Gasteiger partial charge is 0.507 e. The first-order valence-electron chi connectivity index (χ1n) is 13.2. The second kappa shape index (κ2) is 10.2. The van der Waals surface area contributed by atoms with Crippen LogP contribution < -0.4 is 10.1 Å². The predicted molar refractivity (Wildman–Crippen MR) is 140 cm³/mol. The maximum atomic E-state index is 13.8. The monoisotopic (exact) mass is 569 g/mol. The zero-order chi connectivity index (χ0) is 30.0. The summed E-state index contributed by atoms with van der Waals surface area (Å²) in [7, 11) is 1.32. The standard InChI is InChI=1S/C29H31NO11/c1-11-24(34)16(30-12(2)32)7-18(41-11)14-8-29(39,19(33)10-31)9-15-20(14)27(37)23-22(26(15)36)25(35)13-5-4-6-17(40-3)21(13)28(23)38/h4-6,11,14,16,18,24,31,34,36-37,39H,7-10H2,1-3H3,(H,30,32)/t11-,14+,16-,18-,24+,29+/m0/s1. The third-order valence-electron chi connectivity index (χ3n) is 8.43. The van der Waals surface area contributed by atoms with E-state index >= 15 is 0 Å². The molecule has 5 rings (SSSR count). The van der Waals surface area contributed by atoms with Crippen LogP contribution in [0.5, 0.6) is 17.2 Å². The lowest BCUT2D eigenvalue weighted by Gasteiger charge is -2.46. The number of ketones is 3. The second-order valence-electron chi connectivity index (χ2n) is 10.9. The SMILES string of the molecule is COc1cccc2c1C(=O)c1c(O)c3c(c(O)c1C2=O)C[C@@](O)(C(=O)CO)C[C@@H]3[C@@H]1C[C@H](NC(C)=O)[C@H](O)[C@H](C)O1. The molecule has 3 aliphatic rings. The van der Waals surface area contributed by atoms with Gasteiger partial charge in [-0.2, -0.15) is 0 Å². The average Bonchev–Trinajstić information content (AvgIpc) is 2.94. The highest BCUT2D eigenvalue weighted by Gasteiger charge is 2.52. The lowest BCUT2D eigenvalue weighted by atomic mass is 9.66. The number of phenolic OH excluding ortho intramolecular Hbond substituents is 2. The molecule has 0 bridgehead atoms. The number of aliphatic hydroxyl groups excluding tert-OH is 2. The Bertz CT molecular complexity index is 1480. The fraction of sp³-hybridized carbons (Fsp3) is 0.448. The van der Waals surface area contributed by atoms with Crippen molar-refractivity contribution in [3.63, 3.8) is 0 Å². The molecular formula is C29H31NO11. The summed E-state index contributed by atoms with van der Waals surface area (Å²) in [5, 5.41) is 57.5. The molecule has 218 valence electrons. The number of nitrogens with one attached hydrogen (secondary N) is 1. The lowest BCUT2D eigenvalue weighted by molar-refractivity contribution is -0.153. The molecule has 1 amide bonds. The summed E-state index contributed by atoms with van der Waals surface area (Å²) >= 11 is 0. The summed E-state index contributed by atoms with van der Waals surface area (Å²) in [5.41, 5.74) is -3.44. The van der Waals surface area contributed by atoms with Crippen LogP contribution in [0.25, 0.3) is 0 Å². The van der Waals surface area contributed by atoms with E-state index in [0.29, 0.717) is 0 Å². The fourth-order valence-corrected chi connectivity index (χ4v) is 6.50. The summed E-state index contributed by atoms with van der Waals surface area (Å²) in [4.78, 5) is 52.0. The normalized spacial score (nSPS) is 28.8. The van der Waals surface area contributed by atoms with Crippen LogP contribution in [0.4, 0.5) is 0 Å². The van der Waals surface area contributed by atoms with E-state index in [1.807, 2.05) is 0 Å². The van der Waals surface area contributed by atoms with Crippen molar-refractivity contribution in [3.05, 3.63) is 51.6 Å². The van der Waals surface area contributed by atoms with Crippen LogP contribution in [0, 0.1) is 0 Å². The molecule has 1 fully saturated rings. The average molecular weight is 570 g/mol. The van der Waals surface area contributed by atoms with Gasteiger partial charge >= 0.3 is 0 Å². The van der Waals surface area contributed by atoms with E-state index < -0.39 is 94.8 Å². The van der Waals surface area contributed by atoms with Gasteiger partial charge in [0, 0.05) is 36.0 Å². The molecule has 0 aromatic heterocycles. The number of carbonyl (C=O) groups is 4. The first-order valence-corrected chi connectivity index (χ1v) is 13.2. The quantitative estimate of drug-likeness (QED) is 0.230. The highest BCUT2D eigenvalue weighted by molar-refractivity contribution is 6.31. The maximum Gasteiger partial charge on any atom is 0.217 e. The van der Waals surface area contributed by atoms with E-state index in [4.69, 9.17) is 9.47 Å². The van der Waals surface area contributed by atoms with Crippen LogP contribution in [0.1, 0.15) is 75.6 Å². The van der Waals surface area contributed by atoms with E-state index in [1.54, 1.807) is 6.92 Å². The summed E-state index contributed by atoms with van der Waals surface area (Å²) < 4.78 is 11.3. The zero-order valence-corrected chi connectivity index (χ0v) is 22.6. The van der Waals surface area contributed by atoms with Gasteiger partial charge in [-0.15, -0.1) is 0 Å². The van der Waals surface area contributed by atoms with E-state index in [1.165, 1.54) is 32.2 Å². The van der Waals surface area contributed by atoms with Gasteiger partial charge in [0.15, 0.2) is 11.6 Å².